The van der Waals surface area contributed by atoms with Gasteiger partial charge in [0.25, 0.3) is 0 Å². The first-order valence-corrected chi connectivity index (χ1v) is 15.7. The van der Waals surface area contributed by atoms with E-state index in [2.05, 4.69) is 99.4 Å². The van der Waals surface area contributed by atoms with Crippen LogP contribution in [0.4, 0.5) is 0 Å². The monoisotopic (exact) mass is 495 g/mol. The van der Waals surface area contributed by atoms with Gasteiger partial charge in [0.15, 0.2) is 6.20 Å². The normalized spacial score (nSPS) is 13.7. The van der Waals surface area contributed by atoms with E-state index in [1.54, 1.807) is 0 Å². The number of para-hydroxylation sites is 1. The molecule has 0 fully saturated rings. The summed E-state index contributed by atoms with van der Waals surface area (Å²) in [6, 6.07) is 26.1. The van der Waals surface area contributed by atoms with Crippen LogP contribution in [-0.2, 0) is 7.05 Å². The van der Waals surface area contributed by atoms with Crippen LogP contribution < -0.4 is 14.9 Å². The molecule has 0 radical (unpaired) electrons. The topological polar surface area (TPSA) is 40.8 Å². The van der Waals surface area contributed by atoms with Gasteiger partial charge in [0.1, 0.15) is 26.3 Å². The van der Waals surface area contributed by atoms with Crippen molar-refractivity contribution < 1.29 is 8.98 Å². The molecule has 0 atom stereocenters. The number of nitrogens with zero attached hydrogens (tertiary/aromatic N) is 2. The molecule has 0 bridgehead atoms. The third-order valence-corrected chi connectivity index (χ3v) is 12.0. The largest absolute Gasteiger partial charge is 0.455 e. The molecule has 1 aliphatic rings. The lowest BCUT2D eigenvalue weighted by molar-refractivity contribution is -0.659. The second-order valence-electron chi connectivity index (χ2n) is 10.9. The van der Waals surface area contributed by atoms with E-state index < -0.39 is 8.07 Å². The number of benzene rings is 4. The van der Waals surface area contributed by atoms with Gasteiger partial charge in [0.2, 0.25) is 5.69 Å². The minimum absolute atomic E-state index is 0.818. The molecule has 2 aromatic heterocycles. The van der Waals surface area contributed by atoms with Crippen LogP contribution in [0.5, 0.6) is 0 Å². The van der Waals surface area contributed by atoms with E-state index in [0.29, 0.717) is 0 Å². The highest BCUT2D eigenvalue weighted by molar-refractivity contribution is 7.05. The molecule has 0 saturated heterocycles. The molecule has 0 spiro atoms. The number of rotatable bonds is 1. The summed E-state index contributed by atoms with van der Waals surface area (Å²) < 4.78 is 8.79. The fourth-order valence-electron chi connectivity index (χ4n) is 6.70. The standard InChI is InChI=1S/C33H27N2OSi/c1-19-17-27-22-10-6-7-12-28(22)36-31(27)29(20(19)2)30-23-13-14-25-24-11-8-9-21(18-34)32(24)37(4,5)33(25)26(23)15-16-35(30)3/h6-17H,1-5H3/q+1. The Hall–Kier alpha value is -4.20. The van der Waals surface area contributed by atoms with Gasteiger partial charge in [-0.25, -0.2) is 4.57 Å². The Balaban J connectivity index is 1.62. The highest BCUT2D eigenvalue weighted by atomic mass is 28.3. The van der Waals surface area contributed by atoms with Crippen molar-refractivity contribution in [2.75, 3.05) is 0 Å². The predicted molar refractivity (Wildman–Crippen MR) is 154 cm³/mol. The summed E-state index contributed by atoms with van der Waals surface area (Å²) in [4.78, 5) is 0. The van der Waals surface area contributed by atoms with E-state index in [1.165, 1.54) is 49.1 Å². The number of pyridine rings is 1. The zero-order valence-electron chi connectivity index (χ0n) is 21.7. The van der Waals surface area contributed by atoms with Gasteiger partial charge in [0.05, 0.1) is 22.6 Å². The molecule has 4 aromatic carbocycles. The van der Waals surface area contributed by atoms with Gasteiger partial charge in [-0.1, -0.05) is 49.5 Å². The summed E-state index contributed by atoms with van der Waals surface area (Å²) in [6.07, 6.45) is 2.19. The molecule has 4 heteroatoms. The molecular formula is C33H27N2OSi+. The van der Waals surface area contributed by atoms with Gasteiger partial charge in [0, 0.05) is 16.8 Å². The van der Waals surface area contributed by atoms with Crippen molar-refractivity contribution in [1.82, 2.24) is 0 Å². The van der Waals surface area contributed by atoms with Crippen molar-refractivity contribution in [3.05, 3.63) is 89.6 Å². The maximum atomic E-state index is 9.93. The van der Waals surface area contributed by atoms with E-state index in [0.717, 1.165) is 33.1 Å². The van der Waals surface area contributed by atoms with Crippen molar-refractivity contribution in [1.29, 1.82) is 5.26 Å². The Bertz CT molecular complexity index is 2010. The van der Waals surface area contributed by atoms with Crippen LogP contribution in [0, 0.1) is 25.2 Å². The van der Waals surface area contributed by atoms with E-state index in [9.17, 15) is 5.26 Å². The fraction of sp³-hybridized carbons (Fsp3) is 0.152. The molecule has 1 aliphatic heterocycles. The van der Waals surface area contributed by atoms with Gasteiger partial charge in [-0.2, -0.15) is 5.26 Å². The van der Waals surface area contributed by atoms with E-state index in [-0.39, 0.29) is 0 Å². The van der Waals surface area contributed by atoms with Crippen molar-refractivity contribution in [2.45, 2.75) is 26.9 Å². The van der Waals surface area contributed by atoms with Crippen LogP contribution in [0.15, 0.2) is 77.3 Å². The Morgan fingerprint density at radius 2 is 1.59 bits per heavy atom. The maximum Gasteiger partial charge on any atom is 0.224 e. The molecule has 0 amide bonds. The van der Waals surface area contributed by atoms with Gasteiger partial charge in [-0.05, 0) is 76.1 Å². The second kappa shape index (κ2) is 7.41. The van der Waals surface area contributed by atoms with Gasteiger partial charge in [-0.15, -0.1) is 0 Å². The molecule has 3 heterocycles. The number of aromatic nitrogens is 1. The molecule has 3 nitrogen and oxygen atoms in total. The molecule has 0 saturated carbocycles. The summed E-state index contributed by atoms with van der Waals surface area (Å²) in [5.74, 6) is 0. The summed E-state index contributed by atoms with van der Waals surface area (Å²) >= 11 is 0. The molecule has 0 unspecified atom stereocenters. The number of furan rings is 1. The zero-order chi connectivity index (χ0) is 25.6. The summed E-state index contributed by atoms with van der Waals surface area (Å²) in [5.41, 5.74) is 10.0. The Morgan fingerprint density at radius 1 is 0.811 bits per heavy atom. The van der Waals surface area contributed by atoms with Crippen LogP contribution in [0.3, 0.4) is 0 Å². The highest BCUT2D eigenvalue weighted by Gasteiger charge is 2.41. The smallest absolute Gasteiger partial charge is 0.224 e. The summed E-state index contributed by atoms with van der Waals surface area (Å²) in [7, 11) is 0.0159. The first-order valence-electron chi connectivity index (χ1n) is 12.7. The van der Waals surface area contributed by atoms with E-state index in [1.807, 2.05) is 18.2 Å². The highest BCUT2D eigenvalue weighted by Crippen LogP contribution is 2.41. The summed E-state index contributed by atoms with van der Waals surface area (Å²) in [5, 5.41) is 17.4. The molecule has 0 N–H and O–H groups in total. The first kappa shape index (κ1) is 22.0. The predicted octanol–water partition coefficient (Wildman–Crippen LogP) is 6.52. The summed E-state index contributed by atoms with van der Waals surface area (Å²) in [6.45, 7) is 9.18. The third kappa shape index (κ3) is 2.78. The lowest BCUT2D eigenvalue weighted by Crippen LogP contribution is -2.51. The van der Waals surface area contributed by atoms with Crippen LogP contribution >= 0.6 is 0 Å². The maximum absolute atomic E-state index is 9.93. The van der Waals surface area contributed by atoms with E-state index in [4.69, 9.17) is 4.42 Å². The van der Waals surface area contributed by atoms with Gasteiger partial charge in [-0.3, -0.25) is 0 Å². The molecule has 0 aliphatic carbocycles. The minimum atomic E-state index is -2.11. The lowest BCUT2D eigenvalue weighted by atomic mass is 9.92. The van der Waals surface area contributed by atoms with Crippen LogP contribution in [0.25, 0.3) is 55.1 Å². The first-order chi connectivity index (χ1) is 17.8. The minimum Gasteiger partial charge on any atom is -0.455 e. The van der Waals surface area contributed by atoms with Gasteiger partial charge < -0.3 is 4.42 Å². The second-order valence-corrected chi connectivity index (χ2v) is 15.1. The third-order valence-electron chi connectivity index (χ3n) is 8.47. The quantitative estimate of drug-likeness (QED) is 0.192. The lowest BCUT2D eigenvalue weighted by Gasteiger charge is -2.22. The van der Waals surface area contributed by atoms with Crippen LogP contribution in [0.2, 0.25) is 13.1 Å². The van der Waals surface area contributed by atoms with Crippen molar-refractivity contribution in [2.24, 2.45) is 7.05 Å². The zero-order valence-corrected chi connectivity index (χ0v) is 22.7. The van der Waals surface area contributed by atoms with Crippen molar-refractivity contribution >= 4 is 51.2 Å². The average molecular weight is 496 g/mol. The number of hydrogen-bond donors (Lipinski definition) is 0. The van der Waals surface area contributed by atoms with Gasteiger partial charge >= 0.3 is 0 Å². The molecule has 6 aromatic rings. The van der Waals surface area contributed by atoms with Crippen molar-refractivity contribution in [3.63, 3.8) is 0 Å². The molecule has 37 heavy (non-hydrogen) atoms. The Morgan fingerprint density at radius 3 is 2.41 bits per heavy atom. The van der Waals surface area contributed by atoms with Crippen molar-refractivity contribution in [3.8, 4) is 28.5 Å². The fourth-order valence-corrected chi connectivity index (χ4v) is 10.4. The van der Waals surface area contributed by atoms with Crippen LogP contribution in [0.1, 0.15) is 16.7 Å². The average Bonchev–Trinajstić information content (AvgIpc) is 3.37. The molecule has 7 rings (SSSR count). The molecular weight excluding hydrogens is 468 g/mol. The SMILES string of the molecule is Cc1cc2c(oc3ccccc32)c(-c2c3ccc4c(c3cc[n+]2C)[Si](C)(C)c2c(C#N)cccc2-4)c1C. The molecule has 178 valence electrons. The Kier molecular flexibility index (Phi) is 4.41. The number of fused-ring (bicyclic) bond motifs is 8. The van der Waals surface area contributed by atoms with E-state index >= 15 is 0 Å². The number of nitriles is 1. The number of hydrogen-bond acceptors (Lipinski definition) is 2. The van der Waals surface area contributed by atoms with Crippen LogP contribution in [-0.4, -0.2) is 8.07 Å². The number of aryl methyl sites for hydroxylation is 2. The Labute approximate surface area is 217 Å².